The van der Waals surface area contributed by atoms with E-state index in [0.29, 0.717) is 13.0 Å². The van der Waals surface area contributed by atoms with Gasteiger partial charge in [-0.2, -0.15) is 0 Å². The summed E-state index contributed by atoms with van der Waals surface area (Å²) in [5, 5.41) is 9.06. The average Bonchev–Trinajstić information content (AvgIpc) is 2.18. The van der Waals surface area contributed by atoms with Crippen LogP contribution in [0.3, 0.4) is 0 Å². The summed E-state index contributed by atoms with van der Waals surface area (Å²) in [6, 6.07) is 0. The first kappa shape index (κ1) is 12.4. The van der Waals surface area contributed by atoms with E-state index in [9.17, 15) is 4.79 Å². The Morgan fingerprint density at radius 3 is 2.73 bits per heavy atom. The maximum absolute atomic E-state index is 11.0. The van der Waals surface area contributed by atoms with Crippen molar-refractivity contribution in [1.82, 2.24) is 0 Å². The van der Waals surface area contributed by atoms with Crippen LogP contribution in [-0.2, 0) is 14.3 Å². The van der Waals surface area contributed by atoms with Gasteiger partial charge in [0.1, 0.15) is 6.79 Å². The minimum atomic E-state index is -0.878. The molecule has 15 heavy (non-hydrogen) atoms. The highest BCUT2D eigenvalue weighted by Gasteiger charge is 2.41. The van der Waals surface area contributed by atoms with E-state index in [-0.39, 0.29) is 19.0 Å². The van der Waals surface area contributed by atoms with E-state index in [2.05, 4.69) is 0 Å². The standard InChI is InChI=1S/C10H19NO4/c1-10(2,9(12)13)8-5-7(3-4-11)14-6-15-8/h7-8H,3-6,11H2,1-2H3,(H,12,13). The summed E-state index contributed by atoms with van der Waals surface area (Å²) in [6.07, 6.45) is 1.05. The zero-order chi connectivity index (χ0) is 11.5. The van der Waals surface area contributed by atoms with Crippen LogP contribution in [0.15, 0.2) is 0 Å². The van der Waals surface area contributed by atoms with Gasteiger partial charge in [-0.15, -0.1) is 0 Å². The van der Waals surface area contributed by atoms with Crippen molar-refractivity contribution in [2.75, 3.05) is 13.3 Å². The van der Waals surface area contributed by atoms with Gasteiger partial charge in [0.15, 0.2) is 0 Å². The van der Waals surface area contributed by atoms with Crippen molar-refractivity contribution in [2.24, 2.45) is 11.1 Å². The molecule has 88 valence electrons. The fourth-order valence-corrected chi connectivity index (χ4v) is 1.62. The van der Waals surface area contributed by atoms with Crippen LogP contribution in [0.1, 0.15) is 26.7 Å². The topological polar surface area (TPSA) is 81.8 Å². The molecule has 1 saturated heterocycles. The van der Waals surface area contributed by atoms with E-state index in [4.69, 9.17) is 20.3 Å². The van der Waals surface area contributed by atoms with Gasteiger partial charge in [0.2, 0.25) is 0 Å². The van der Waals surface area contributed by atoms with Gasteiger partial charge < -0.3 is 20.3 Å². The van der Waals surface area contributed by atoms with Crippen LogP contribution in [0.4, 0.5) is 0 Å². The second kappa shape index (κ2) is 4.92. The summed E-state index contributed by atoms with van der Waals surface area (Å²) in [4.78, 5) is 11.0. The predicted molar refractivity (Wildman–Crippen MR) is 54.3 cm³/mol. The zero-order valence-corrected chi connectivity index (χ0v) is 9.23. The number of aliphatic carboxylic acids is 1. The molecule has 1 rings (SSSR count). The van der Waals surface area contributed by atoms with Gasteiger partial charge in [0.05, 0.1) is 17.6 Å². The number of carboxylic acid groups (broad SMARTS) is 1. The largest absolute Gasteiger partial charge is 0.481 e. The van der Waals surface area contributed by atoms with Crippen molar-refractivity contribution in [3.8, 4) is 0 Å². The lowest BCUT2D eigenvalue weighted by Crippen LogP contribution is -2.45. The number of hydrogen-bond acceptors (Lipinski definition) is 4. The molecule has 0 aromatic heterocycles. The molecule has 1 aliphatic heterocycles. The van der Waals surface area contributed by atoms with Crippen LogP contribution < -0.4 is 5.73 Å². The van der Waals surface area contributed by atoms with Crippen molar-refractivity contribution < 1.29 is 19.4 Å². The van der Waals surface area contributed by atoms with Crippen LogP contribution >= 0.6 is 0 Å². The van der Waals surface area contributed by atoms with E-state index >= 15 is 0 Å². The van der Waals surface area contributed by atoms with Crippen LogP contribution in [-0.4, -0.2) is 36.6 Å². The minimum Gasteiger partial charge on any atom is -0.481 e. The maximum Gasteiger partial charge on any atom is 0.311 e. The van der Waals surface area contributed by atoms with Crippen LogP contribution in [0, 0.1) is 5.41 Å². The number of carbonyl (C=O) groups is 1. The highest BCUT2D eigenvalue weighted by Crippen LogP contribution is 2.31. The van der Waals surface area contributed by atoms with E-state index in [1.54, 1.807) is 13.8 Å². The Labute approximate surface area is 89.5 Å². The molecule has 0 radical (unpaired) electrons. The summed E-state index contributed by atoms with van der Waals surface area (Å²) in [6.45, 7) is 4.05. The first-order chi connectivity index (χ1) is 6.98. The molecule has 0 aliphatic carbocycles. The third-order valence-corrected chi connectivity index (χ3v) is 2.89. The van der Waals surface area contributed by atoms with E-state index in [1.165, 1.54) is 0 Å². The Hall–Kier alpha value is -0.650. The molecule has 1 fully saturated rings. The number of ether oxygens (including phenoxy) is 2. The van der Waals surface area contributed by atoms with Crippen LogP contribution in [0.2, 0.25) is 0 Å². The SMILES string of the molecule is CC(C)(C(=O)O)C1CC(CCN)OCO1. The van der Waals surface area contributed by atoms with Gasteiger partial charge in [-0.05, 0) is 26.8 Å². The average molecular weight is 217 g/mol. The zero-order valence-electron chi connectivity index (χ0n) is 9.23. The fourth-order valence-electron chi connectivity index (χ4n) is 1.62. The molecule has 0 aromatic rings. The minimum absolute atomic E-state index is 0.0207. The van der Waals surface area contributed by atoms with Crippen molar-refractivity contribution in [2.45, 2.75) is 38.9 Å². The molecule has 0 saturated carbocycles. The monoisotopic (exact) mass is 217 g/mol. The molecule has 5 heteroatoms. The Morgan fingerprint density at radius 2 is 2.20 bits per heavy atom. The summed E-state index contributed by atoms with van der Waals surface area (Å²) in [5.41, 5.74) is 4.56. The molecule has 1 aliphatic rings. The smallest absolute Gasteiger partial charge is 0.311 e. The lowest BCUT2D eigenvalue weighted by molar-refractivity contribution is -0.209. The van der Waals surface area contributed by atoms with Crippen LogP contribution in [0.25, 0.3) is 0 Å². The van der Waals surface area contributed by atoms with E-state index in [1.807, 2.05) is 0 Å². The molecule has 5 nitrogen and oxygen atoms in total. The second-order valence-corrected chi connectivity index (χ2v) is 4.40. The third-order valence-electron chi connectivity index (χ3n) is 2.89. The Kier molecular flexibility index (Phi) is 4.07. The molecular weight excluding hydrogens is 198 g/mol. The van der Waals surface area contributed by atoms with Gasteiger partial charge >= 0.3 is 5.97 Å². The molecular formula is C10H19NO4. The van der Waals surface area contributed by atoms with Crippen molar-refractivity contribution in [3.63, 3.8) is 0 Å². The van der Waals surface area contributed by atoms with Gasteiger partial charge in [-0.1, -0.05) is 0 Å². The summed E-state index contributed by atoms with van der Waals surface area (Å²) >= 11 is 0. The number of hydrogen-bond donors (Lipinski definition) is 2. The molecule has 2 unspecified atom stereocenters. The fraction of sp³-hybridized carbons (Fsp3) is 0.900. The predicted octanol–water partition coefficient (Wildman–Crippen LogP) is 0.578. The van der Waals surface area contributed by atoms with Crippen molar-refractivity contribution in [1.29, 1.82) is 0 Å². The Morgan fingerprint density at radius 1 is 1.53 bits per heavy atom. The van der Waals surface area contributed by atoms with E-state index in [0.717, 1.165) is 6.42 Å². The number of rotatable bonds is 4. The lowest BCUT2D eigenvalue weighted by Gasteiger charge is -2.36. The van der Waals surface area contributed by atoms with Gasteiger partial charge in [0.25, 0.3) is 0 Å². The summed E-state index contributed by atoms with van der Waals surface area (Å²) in [7, 11) is 0. The first-order valence-corrected chi connectivity index (χ1v) is 5.15. The molecule has 0 bridgehead atoms. The first-order valence-electron chi connectivity index (χ1n) is 5.15. The molecule has 0 spiro atoms. The quantitative estimate of drug-likeness (QED) is 0.719. The van der Waals surface area contributed by atoms with Crippen molar-refractivity contribution in [3.05, 3.63) is 0 Å². The van der Waals surface area contributed by atoms with Gasteiger partial charge in [0, 0.05) is 6.42 Å². The van der Waals surface area contributed by atoms with E-state index < -0.39 is 11.4 Å². The second-order valence-electron chi connectivity index (χ2n) is 4.40. The third kappa shape index (κ3) is 2.90. The normalized spacial score (nSPS) is 27.7. The summed E-state index contributed by atoms with van der Waals surface area (Å²) in [5.74, 6) is -0.846. The molecule has 3 N–H and O–H groups in total. The molecule has 1 heterocycles. The summed E-state index contributed by atoms with van der Waals surface area (Å²) < 4.78 is 10.7. The lowest BCUT2D eigenvalue weighted by atomic mass is 9.83. The van der Waals surface area contributed by atoms with Crippen molar-refractivity contribution >= 4 is 5.97 Å². The molecule has 0 aromatic carbocycles. The Bertz CT molecular complexity index is 227. The van der Waals surface area contributed by atoms with Gasteiger partial charge in [-0.3, -0.25) is 4.79 Å². The molecule has 0 amide bonds. The molecule has 2 atom stereocenters. The number of carboxylic acids is 1. The number of nitrogens with two attached hydrogens (primary N) is 1. The van der Waals surface area contributed by atoms with Crippen LogP contribution in [0.5, 0.6) is 0 Å². The highest BCUT2D eigenvalue weighted by molar-refractivity contribution is 5.74. The van der Waals surface area contributed by atoms with Gasteiger partial charge in [-0.25, -0.2) is 0 Å². The highest BCUT2D eigenvalue weighted by atomic mass is 16.7. The Balaban J connectivity index is 2.59. The maximum atomic E-state index is 11.0.